The van der Waals surface area contributed by atoms with Gasteiger partial charge >= 0.3 is 0 Å². The minimum absolute atomic E-state index is 0.520. The summed E-state index contributed by atoms with van der Waals surface area (Å²) in [6.07, 6.45) is 7.17. The van der Waals surface area contributed by atoms with Gasteiger partial charge in [-0.05, 0) is 67.9 Å². The zero-order chi connectivity index (χ0) is 15.0. The fourth-order valence-electron chi connectivity index (χ4n) is 4.83. The summed E-state index contributed by atoms with van der Waals surface area (Å²) in [6, 6.07) is 7.58. The molecule has 1 aromatic carbocycles. The van der Waals surface area contributed by atoms with Crippen LogP contribution in [0, 0.1) is 31.1 Å². The predicted octanol–water partition coefficient (Wildman–Crippen LogP) is 4.65. The van der Waals surface area contributed by atoms with E-state index in [9.17, 15) is 0 Å². The van der Waals surface area contributed by atoms with Crippen LogP contribution in [-0.4, -0.2) is 12.6 Å². The van der Waals surface area contributed by atoms with E-state index in [2.05, 4.69) is 51.2 Å². The van der Waals surface area contributed by atoms with Crippen molar-refractivity contribution in [1.29, 1.82) is 0 Å². The van der Waals surface area contributed by atoms with Crippen molar-refractivity contribution in [2.24, 2.45) is 17.3 Å². The van der Waals surface area contributed by atoms with Gasteiger partial charge in [-0.1, -0.05) is 44.0 Å². The van der Waals surface area contributed by atoms with Gasteiger partial charge in [0.2, 0.25) is 0 Å². The smallest absolute Gasteiger partial charge is 0.00161 e. The number of nitrogens with one attached hydrogen (secondary N) is 1. The summed E-state index contributed by atoms with van der Waals surface area (Å²) in [5, 5.41) is 3.77. The Morgan fingerprint density at radius 1 is 1.24 bits per heavy atom. The fourth-order valence-corrected chi connectivity index (χ4v) is 4.83. The lowest BCUT2D eigenvalue weighted by atomic mass is 9.68. The van der Waals surface area contributed by atoms with Crippen molar-refractivity contribution >= 4 is 0 Å². The van der Waals surface area contributed by atoms with Crippen LogP contribution >= 0.6 is 0 Å². The summed E-state index contributed by atoms with van der Waals surface area (Å²) >= 11 is 0. The number of benzene rings is 1. The topological polar surface area (TPSA) is 12.0 Å². The predicted molar refractivity (Wildman–Crippen MR) is 90.6 cm³/mol. The molecule has 1 N–H and O–H groups in total. The standard InChI is InChI=1S/C20H31N/c1-14(2)21-13-20(11-17-7-8-19(20)10-17)12-18-9-15(3)5-6-16(18)4/h5-6,9,14,17,19,21H,7-8,10-13H2,1-4H3. The summed E-state index contributed by atoms with van der Waals surface area (Å²) in [5.41, 5.74) is 5.00. The van der Waals surface area contributed by atoms with E-state index < -0.39 is 0 Å². The first kappa shape index (κ1) is 15.1. The Morgan fingerprint density at radius 2 is 2.05 bits per heavy atom. The second kappa shape index (κ2) is 5.76. The second-order valence-corrected chi connectivity index (χ2v) is 8.08. The van der Waals surface area contributed by atoms with Gasteiger partial charge in [0.15, 0.2) is 0 Å². The van der Waals surface area contributed by atoms with E-state index in [-0.39, 0.29) is 0 Å². The van der Waals surface area contributed by atoms with Crippen molar-refractivity contribution in [2.45, 2.75) is 65.8 Å². The quantitative estimate of drug-likeness (QED) is 0.830. The highest BCUT2D eigenvalue weighted by Crippen LogP contribution is 2.57. The minimum atomic E-state index is 0.520. The molecule has 0 heterocycles. The molecular formula is C20H31N. The molecular weight excluding hydrogens is 254 g/mol. The number of fused-ring (bicyclic) bond motifs is 2. The van der Waals surface area contributed by atoms with E-state index in [0.29, 0.717) is 11.5 Å². The molecule has 3 atom stereocenters. The highest BCUT2D eigenvalue weighted by molar-refractivity contribution is 5.32. The van der Waals surface area contributed by atoms with Crippen molar-refractivity contribution in [3.8, 4) is 0 Å². The molecule has 116 valence electrons. The third-order valence-electron chi connectivity index (χ3n) is 6.01. The summed E-state index contributed by atoms with van der Waals surface area (Å²) in [5.74, 6) is 1.96. The van der Waals surface area contributed by atoms with Crippen LogP contribution in [0.25, 0.3) is 0 Å². The lowest BCUT2D eigenvalue weighted by Crippen LogP contribution is -2.42. The summed E-state index contributed by atoms with van der Waals surface area (Å²) in [7, 11) is 0. The van der Waals surface area contributed by atoms with Gasteiger partial charge in [-0.25, -0.2) is 0 Å². The maximum Gasteiger partial charge on any atom is 0.00161 e. The molecule has 0 aromatic heterocycles. The van der Waals surface area contributed by atoms with E-state index in [1.807, 2.05) is 0 Å². The van der Waals surface area contributed by atoms with Gasteiger partial charge in [0, 0.05) is 12.6 Å². The second-order valence-electron chi connectivity index (χ2n) is 8.08. The lowest BCUT2D eigenvalue weighted by Gasteiger charge is -2.39. The normalized spacial score (nSPS) is 31.3. The molecule has 2 aliphatic rings. The maximum absolute atomic E-state index is 3.77. The number of aryl methyl sites for hydroxylation is 2. The molecule has 0 saturated heterocycles. The van der Waals surface area contributed by atoms with Crippen LogP contribution < -0.4 is 5.32 Å². The Balaban J connectivity index is 1.84. The van der Waals surface area contributed by atoms with Gasteiger partial charge in [0.05, 0.1) is 0 Å². The SMILES string of the molecule is Cc1ccc(C)c(CC2(CNC(C)C)CC3CCC2C3)c1. The molecule has 3 rings (SSSR count). The third kappa shape index (κ3) is 3.04. The van der Waals surface area contributed by atoms with E-state index >= 15 is 0 Å². The number of rotatable bonds is 5. The molecule has 0 radical (unpaired) electrons. The van der Waals surface area contributed by atoms with Gasteiger partial charge in [-0.2, -0.15) is 0 Å². The Kier molecular flexibility index (Phi) is 4.14. The molecule has 21 heavy (non-hydrogen) atoms. The molecule has 2 bridgehead atoms. The Bertz CT molecular complexity index is 505. The van der Waals surface area contributed by atoms with Crippen LogP contribution in [0.2, 0.25) is 0 Å². The van der Waals surface area contributed by atoms with Crippen LogP contribution in [0.4, 0.5) is 0 Å². The molecule has 3 unspecified atom stereocenters. The van der Waals surface area contributed by atoms with Crippen LogP contribution in [-0.2, 0) is 6.42 Å². The first-order valence-corrected chi connectivity index (χ1v) is 8.78. The average molecular weight is 285 g/mol. The number of hydrogen-bond acceptors (Lipinski definition) is 1. The van der Waals surface area contributed by atoms with Crippen molar-refractivity contribution in [1.82, 2.24) is 5.32 Å². The first-order chi connectivity index (χ1) is 9.98. The van der Waals surface area contributed by atoms with Gasteiger partial charge in [0.25, 0.3) is 0 Å². The van der Waals surface area contributed by atoms with Crippen molar-refractivity contribution < 1.29 is 0 Å². The van der Waals surface area contributed by atoms with Crippen molar-refractivity contribution in [2.75, 3.05) is 6.54 Å². The van der Waals surface area contributed by atoms with Gasteiger partial charge < -0.3 is 5.32 Å². The molecule has 0 aliphatic heterocycles. The first-order valence-electron chi connectivity index (χ1n) is 8.78. The monoisotopic (exact) mass is 285 g/mol. The molecule has 0 amide bonds. The average Bonchev–Trinajstić information content (AvgIpc) is 3.02. The molecule has 2 fully saturated rings. The third-order valence-corrected chi connectivity index (χ3v) is 6.01. The minimum Gasteiger partial charge on any atom is -0.314 e. The summed E-state index contributed by atoms with van der Waals surface area (Å²) in [4.78, 5) is 0. The lowest BCUT2D eigenvalue weighted by molar-refractivity contribution is 0.152. The van der Waals surface area contributed by atoms with Gasteiger partial charge in [0.1, 0.15) is 0 Å². The zero-order valence-corrected chi connectivity index (χ0v) is 14.2. The molecule has 1 heteroatoms. The maximum atomic E-state index is 3.77. The molecule has 2 aliphatic carbocycles. The van der Waals surface area contributed by atoms with Crippen molar-refractivity contribution in [3.63, 3.8) is 0 Å². The largest absolute Gasteiger partial charge is 0.314 e. The van der Waals surface area contributed by atoms with Gasteiger partial charge in [-0.15, -0.1) is 0 Å². The Labute approximate surface area is 130 Å². The molecule has 0 spiro atoms. The zero-order valence-electron chi connectivity index (χ0n) is 14.2. The molecule has 2 saturated carbocycles. The summed E-state index contributed by atoms with van der Waals surface area (Å²) in [6.45, 7) is 10.3. The summed E-state index contributed by atoms with van der Waals surface area (Å²) < 4.78 is 0. The fraction of sp³-hybridized carbons (Fsp3) is 0.700. The van der Waals surface area contributed by atoms with E-state index in [1.165, 1.54) is 49.8 Å². The van der Waals surface area contributed by atoms with E-state index in [1.54, 1.807) is 5.56 Å². The Morgan fingerprint density at radius 3 is 2.67 bits per heavy atom. The highest BCUT2D eigenvalue weighted by Gasteiger charge is 2.50. The van der Waals surface area contributed by atoms with Crippen LogP contribution in [0.5, 0.6) is 0 Å². The Hall–Kier alpha value is -0.820. The van der Waals surface area contributed by atoms with Crippen LogP contribution in [0.15, 0.2) is 18.2 Å². The molecule has 1 aromatic rings. The van der Waals surface area contributed by atoms with E-state index in [0.717, 1.165) is 11.8 Å². The van der Waals surface area contributed by atoms with Crippen LogP contribution in [0.3, 0.4) is 0 Å². The molecule has 1 nitrogen and oxygen atoms in total. The van der Waals surface area contributed by atoms with Crippen molar-refractivity contribution in [3.05, 3.63) is 34.9 Å². The highest BCUT2D eigenvalue weighted by atomic mass is 14.9. The van der Waals surface area contributed by atoms with E-state index in [4.69, 9.17) is 0 Å². The van der Waals surface area contributed by atoms with Gasteiger partial charge in [-0.3, -0.25) is 0 Å². The van der Waals surface area contributed by atoms with Crippen LogP contribution in [0.1, 0.15) is 56.2 Å². The number of hydrogen-bond donors (Lipinski definition) is 1.